The van der Waals surface area contributed by atoms with E-state index >= 15 is 0 Å². The average Bonchev–Trinajstić information content (AvgIpc) is 2.35. The van der Waals surface area contributed by atoms with Gasteiger partial charge in [-0.25, -0.2) is 9.18 Å². The Morgan fingerprint density at radius 2 is 2.05 bits per heavy atom. The summed E-state index contributed by atoms with van der Waals surface area (Å²) in [5.41, 5.74) is 4.33. The van der Waals surface area contributed by atoms with Crippen molar-refractivity contribution < 1.29 is 32.2 Å². The van der Waals surface area contributed by atoms with Gasteiger partial charge in [-0.3, -0.25) is 0 Å². The highest BCUT2D eigenvalue weighted by Crippen LogP contribution is 2.36. The monoisotopic (exact) mass is 281 g/mol. The standard InChI is InChI=1S/C11H11F4NO3/c1-2-19-10(18)11(14,15)9(16)5-3-4-6(12)7(13)8(5)17/h3-4,9,17H,2,16H2,1H3/t9-/m0/s1. The lowest BCUT2D eigenvalue weighted by atomic mass is 10.00. The van der Waals surface area contributed by atoms with Crippen LogP contribution in [0.3, 0.4) is 0 Å². The average molecular weight is 281 g/mol. The maximum atomic E-state index is 13.6. The minimum Gasteiger partial charge on any atom is -0.505 e. The summed E-state index contributed by atoms with van der Waals surface area (Å²) in [5, 5.41) is 9.24. The van der Waals surface area contributed by atoms with Gasteiger partial charge in [-0.1, -0.05) is 6.07 Å². The Labute approximate surface area is 105 Å². The van der Waals surface area contributed by atoms with Crippen LogP contribution in [0.2, 0.25) is 0 Å². The van der Waals surface area contributed by atoms with Gasteiger partial charge in [0.05, 0.1) is 6.61 Å². The van der Waals surface area contributed by atoms with Crippen LogP contribution < -0.4 is 5.73 Å². The Hall–Kier alpha value is -1.83. The van der Waals surface area contributed by atoms with Crippen molar-refractivity contribution in [3.8, 4) is 5.75 Å². The molecule has 19 heavy (non-hydrogen) atoms. The first kappa shape index (κ1) is 15.2. The van der Waals surface area contributed by atoms with Gasteiger partial charge < -0.3 is 15.6 Å². The Bertz CT molecular complexity index is 493. The summed E-state index contributed by atoms with van der Waals surface area (Å²) in [6.07, 6.45) is 0. The Morgan fingerprint density at radius 1 is 1.47 bits per heavy atom. The molecule has 0 saturated carbocycles. The zero-order valence-electron chi connectivity index (χ0n) is 9.79. The van der Waals surface area contributed by atoms with Crippen LogP contribution in [0, 0.1) is 11.6 Å². The van der Waals surface area contributed by atoms with Crippen molar-refractivity contribution in [1.82, 2.24) is 0 Å². The van der Waals surface area contributed by atoms with Crippen LogP contribution in [-0.4, -0.2) is 23.6 Å². The number of phenols is 1. The summed E-state index contributed by atoms with van der Waals surface area (Å²) in [6.45, 7) is 1.01. The molecule has 4 nitrogen and oxygen atoms in total. The molecule has 0 aliphatic carbocycles. The first-order chi connectivity index (χ1) is 8.73. The number of ether oxygens (including phenoxy) is 1. The minimum atomic E-state index is -4.18. The third-order valence-electron chi connectivity index (χ3n) is 2.37. The molecule has 0 saturated heterocycles. The van der Waals surface area contributed by atoms with Crippen LogP contribution in [0.25, 0.3) is 0 Å². The van der Waals surface area contributed by atoms with Gasteiger partial charge >= 0.3 is 11.9 Å². The Balaban J connectivity index is 3.16. The minimum absolute atomic E-state index is 0.301. The summed E-state index contributed by atoms with van der Waals surface area (Å²) in [6, 6.07) is -1.17. The van der Waals surface area contributed by atoms with Crippen LogP contribution in [0.4, 0.5) is 17.6 Å². The second kappa shape index (κ2) is 5.43. The van der Waals surface area contributed by atoms with E-state index in [2.05, 4.69) is 4.74 Å². The van der Waals surface area contributed by atoms with E-state index < -0.39 is 40.9 Å². The molecule has 0 spiro atoms. The first-order valence-corrected chi connectivity index (χ1v) is 5.20. The van der Waals surface area contributed by atoms with Crippen LogP contribution >= 0.6 is 0 Å². The van der Waals surface area contributed by atoms with Gasteiger partial charge in [0, 0.05) is 5.56 Å². The van der Waals surface area contributed by atoms with Crippen molar-refractivity contribution in [2.24, 2.45) is 5.73 Å². The number of phenolic OH excluding ortho intramolecular Hbond substituents is 1. The highest BCUT2D eigenvalue weighted by Gasteiger charge is 2.49. The van der Waals surface area contributed by atoms with Crippen LogP contribution in [0.15, 0.2) is 12.1 Å². The summed E-state index contributed by atoms with van der Waals surface area (Å²) >= 11 is 0. The maximum absolute atomic E-state index is 13.6. The number of aromatic hydroxyl groups is 1. The van der Waals surface area contributed by atoms with E-state index in [-0.39, 0.29) is 6.61 Å². The largest absolute Gasteiger partial charge is 0.505 e. The third-order valence-corrected chi connectivity index (χ3v) is 2.37. The molecule has 0 heterocycles. The van der Waals surface area contributed by atoms with Crippen molar-refractivity contribution in [2.75, 3.05) is 6.61 Å². The lowest BCUT2D eigenvalue weighted by Gasteiger charge is -2.22. The molecule has 0 radical (unpaired) electrons. The number of hydrogen-bond acceptors (Lipinski definition) is 4. The Morgan fingerprint density at radius 3 is 2.58 bits per heavy atom. The van der Waals surface area contributed by atoms with E-state index in [4.69, 9.17) is 5.73 Å². The number of carbonyl (C=O) groups excluding carboxylic acids is 1. The second-order valence-corrected chi connectivity index (χ2v) is 3.62. The van der Waals surface area contributed by atoms with Crippen LogP contribution in [-0.2, 0) is 9.53 Å². The molecule has 1 aromatic carbocycles. The van der Waals surface area contributed by atoms with Gasteiger partial charge in [0.25, 0.3) is 0 Å². The first-order valence-electron chi connectivity index (χ1n) is 5.20. The predicted molar refractivity (Wildman–Crippen MR) is 56.5 cm³/mol. The van der Waals surface area contributed by atoms with Crippen molar-refractivity contribution in [3.63, 3.8) is 0 Å². The second-order valence-electron chi connectivity index (χ2n) is 3.62. The molecular formula is C11H11F4NO3. The van der Waals surface area contributed by atoms with Gasteiger partial charge in [0.1, 0.15) is 6.04 Å². The molecule has 106 valence electrons. The molecule has 0 unspecified atom stereocenters. The molecule has 0 amide bonds. The topological polar surface area (TPSA) is 72.5 Å². The van der Waals surface area contributed by atoms with E-state index in [1.807, 2.05) is 0 Å². The number of nitrogens with two attached hydrogens (primary N) is 1. The maximum Gasteiger partial charge on any atom is 0.379 e. The van der Waals surface area contributed by atoms with Crippen LogP contribution in [0.5, 0.6) is 5.75 Å². The number of alkyl halides is 2. The SMILES string of the molecule is CCOC(=O)C(F)(F)[C@@H](N)c1ccc(F)c(F)c1O. The van der Waals surface area contributed by atoms with Crippen LogP contribution in [0.1, 0.15) is 18.5 Å². The Kier molecular flexibility index (Phi) is 4.35. The zero-order chi connectivity index (χ0) is 14.8. The number of hydrogen-bond donors (Lipinski definition) is 2. The molecule has 0 fully saturated rings. The molecule has 1 atom stereocenters. The molecule has 1 aromatic rings. The molecule has 0 aliphatic heterocycles. The quantitative estimate of drug-likeness (QED) is 0.652. The van der Waals surface area contributed by atoms with Crippen molar-refractivity contribution >= 4 is 5.97 Å². The number of benzene rings is 1. The number of esters is 1. The fourth-order valence-electron chi connectivity index (χ4n) is 1.36. The molecule has 8 heteroatoms. The van der Waals surface area contributed by atoms with Crippen molar-refractivity contribution in [2.45, 2.75) is 18.9 Å². The number of halogens is 4. The van der Waals surface area contributed by atoms with E-state index in [1.54, 1.807) is 0 Å². The van der Waals surface area contributed by atoms with Gasteiger partial charge in [0.15, 0.2) is 11.6 Å². The highest BCUT2D eigenvalue weighted by molar-refractivity contribution is 5.79. The molecule has 0 aromatic heterocycles. The van der Waals surface area contributed by atoms with E-state index in [0.29, 0.717) is 12.1 Å². The molecule has 0 aliphatic rings. The van der Waals surface area contributed by atoms with Gasteiger partial charge in [-0.15, -0.1) is 0 Å². The fraction of sp³-hybridized carbons (Fsp3) is 0.364. The van der Waals surface area contributed by atoms with Crippen molar-refractivity contribution in [1.29, 1.82) is 0 Å². The normalized spacial score (nSPS) is 13.2. The number of rotatable bonds is 4. The lowest BCUT2D eigenvalue weighted by Crippen LogP contribution is -2.41. The summed E-state index contributed by atoms with van der Waals surface area (Å²) in [4.78, 5) is 11.0. The highest BCUT2D eigenvalue weighted by atomic mass is 19.3. The predicted octanol–water partition coefficient (Wildman–Crippen LogP) is 1.87. The molecule has 3 N–H and O–H groups in total. The zero-order valence-corrected chi connectivity index (χ0v) is 9.79. The van der Waals surface area contributed by atoms with Crippen molar-refractivity contribution in [3.05, 3.63) is 29.3 Å². The fourth-order valence-corrected chi connectivity index (χ4v) is 1.36. The lowest BCUT2D eigenvalue weighted by molar-refractivity contribution is -0.174. The molecule has 0 bridgehead atoms. The smallest absolute Gasteiger partial charge is 0.379 e. The molecular weight excluding hydrogens is 270 g/mol. The van der Waals surface area contributed by atoms with E-state index in [0.717, 1.165) is 0 Å². The van der Waals surface area contributed by atoms with E-state index in [1.165, 1.54) is 6.92 Å². The summed E-state index contributed by atoms with van der Waals surface area (Å²) in [5.74, 6) is -10.6. The summed E-state index contributed by atoms with van der Waals surface area (Å²) < 4.78 is 57.1. The van der Waals surface area contributed by atoms with Gasteiger partial charge in [-0.05, 0) is 13.0 Å². The van der Waals surface area contributed by atoms with E-state index in [9.17, 15) is 27.5 Å². The van der Waals surface area contributed by atoms with Gasteiger partial charge in [0.2, 0.25) is 5.82 Å². The molecule has 1 rings (SSSR count). The number of carbonyl (C=O) groups is 1. The summed E-state index contributed by atoms with van der Waals surface area (Å²) in [7, 11) is 0. The third kappa shape index (κ3) is 2.78. The van der Waals surface area contributed by atoms with Gasteiger partial charge in [-0.2, -0.15) is 13.2 Å².